The summed E-state index contributed by atoms with van der Waals surface area (Å²) < 4.78 is 44.9. The Morgan fingerprint density at radius 1 is 1.09 bits per heavy atom. The monoisotopic (exact) mass is 455 g/mol. The van der Waals surface area contributed by atoms with E-state index in [0.29, 0.717) is 29.2 Å². The summed E-state index contributed by atoms with van der Waals surface area (Å²) in [5, 5.41) is 11.1. The second kappa shape index (κ2) is 7.39. The molecule has 0 bridgehead atoms. The average Bonchev–Trinajstić information content (AvgIpc) is 3.22. The number of hydrogen-bond acceptors (Lipinski definition) is 6. The smallest absolute Gasteiger partial charge is 0.304 e. The summed E-state index contributed by atoms with van der Waals surface area (Å²) in [4.78, 5) is 11.7. The zero-order chi connectivity index (χ0) is 22.5. The number of hydrogen-bond donors (Lipinski definition) is 2. The van der Waals surface area contributed by atoms with E-state index in [4.69, 9.17) is 14.2 Å². The Bertz CT molecular complexity index is 1340. The molecule has 1 aliphatic heterocycles. The van der Waals surface area contributed by atoms with Crippen molar-refractivity contribution in [2.75, 3.05) is 13.9 Å². The van der Waals surface area contributed by atoms with Crippen LogP contribution in [0.15, 0.2) is 59.5 Å². The molecule has 0 saturated heterocycles. The Morgan fingerprint density at radius 2 is 1.84 bits per heavy atom. The first-order valence-electron chi connectivity index (χ1n) is 10.0. The van der Waals surface area contributed by atoms with E-state index in [1.165, 1.54) is 6.07 Å². The Balaban J connectivity index is 1.43. The SMILES string of the molecule is COc1ccc2cc(S(=O)(=O)NC3CC3(CC(=O)O)c3ccc4c(c3)OCO4)ccc2c1. The summed E-state index contributed by atoms with van der Waals surface area (Å²) in [6, 6.07) is 14.9. The topological polar surface area (TPSA) is 111 Å². The molecular weight excluding hydrogens is 434 g/mol. The molecule has 0 amide bonds. The molecule has 2 N–H and O–H groups in total. The van der Waals surface area contributed by atoms with Crippen LogP contribution in [-0.2, 0) is 20.2 Å². The molecular formula is C23H21NO7S. The van der Waals surface area contributed by atoms with Crippen molar-refractivity contribution >= 4 is 26.8 Å². The molecule has 2 atom stereocenters. The average molecular weight is 455 g/mol. The lowest BCUT2D eigenvalue weighted by atomic mass is 9.91. The summed E-state index contributed by atoms with van der Waals surface area (Å²) >= 11 is 0. The van der Waals surface area contributed by atoms with Crippen molar-refractivity contribution in [1.29, 1.82) is 0 Å². The van der Waals surface area contributed by atoms with Crippen LogP contribution in [0.1, 0.15) is 18.4 Å². The second-order valence-electron chi connectivity index (χ2n) is 8.05. The Morgan fingerprint density at radius 3 is 2.62 bits per heavy atom. The number of benzene rings is 3. The van der Waals surface area contributed by atoms with Gasteiger partial charge in [0.1, 0.15) is 5.75 Å². The van der Waals surface area contributed by atoms with E-state index in [1.54, 1.807) is 49.6 Å². The van der Waals surface area contributed by atoms with Crippen LogP contribution >= 0.6 is 0 Å². The van der Waals surface area contributed by atoms with Crippen LogP contribution in [0, 0.1) is 0 Å². The molecule has 1 aliphatic carbocycles. The van der Waals surface area contributed by atoms with Crippen molar-refractivity contribution in [2.24, 2.45) is 0 Å². The summed E-state index contributed by atoms with van der Waals surface area (Å²) in [5.41, 5.74) is -0.133. The molecule has 1 saturated carbocycles. The third-order valence-electron chi connectivity index (χ3n) is 6.12. The maximum absolute atomic E-state index is 13.1. The Labute approximate surface area is 184 Å². The van der Waals surface area contributed by atoms with Crippen LogP contribution in [0.5, 0.6) is 17.2 Å². The van der Waals surface area contributed by atoms with Crippen LogP contribution in [0.4, 0.5) is 0 Å². The molecule has 8 nitrogen and oxygen atoms in total. The predicted molar refractivity (Wildman–Crippen MR) is 116 cm³/mol. The molecule has 2 unspecified atom stereocenters. The molecule has 3 aromatic rings. The molecule has 0 aromatic heterocycles. The standard InChI is InChI=1S/C23H21NO7S/c1-29-17-5-2-15-9-18(6-3-14(15)8-17)32(27,28)24-21-11-23(21,12-22(25)26)16-4-7-19-20(10-16)31-13-30-19/h2-10,21,24H,11-13H2,1H3,(H,25,26). The fourth-order valence-electron chi connectivity index (χ4n) is 4.30. The van der Waals surface area contributed by atoms with E-state index in [0.717, 1.165) is 10.8 Å². The quantitative estimate of drug-likeness (QED) is 0.563. The fourth-order valence-corrected chi connectivity index (χ4v) is 5.65. The number of fused-ring (bicyclic) bond motifs is 2. The zero-order valence-corrected chi connectivity index (χ0v) is 18.0. The highest BCUT2D eigenvalue weighted by Gasteiger charge is 2.58. The lowest BCUT2D eigenvalue weighted by molar-refractivity contribution is -0.137. The van der Waals surface area contributed by atoms with Crippen LogP contribution in [-0.4, -0.2) is 39.4 Å². The maximum Gasteiger partial charge on any atom is 0.304 e. The summed E-state index contributed by atoms with van der Waals surface area (Å²) in [6.07, 6.45) is 0.181. The van der Waals surface area contributed by atoms with Gasteiger partial charge in [0, 0.05) is 11.5 Å². The maximum atomic E-state index is 13.1. The predicted octanol–water partition coefficient (Wildman–Crippen LogP) is 3.04. The van der Waals surface area contributed by atoms with Crippen LogP contribution in [0.2, 0.25) is 0 Å². The van der Waals surface area contributed by atoms with Crippen LogP contribution in [0.3, 0.4) is 0 Å². The summed E-state index contributed by atoms with van der Waals surface area (Å²) in [5.74, 6) is 0.811. The third-order valence-corrected chi connectivity index (χ3v) is 7.59. The van der Waals surface area contributed by atoms with Crippen molar-refractivity contribution in [3.05, 3.63) is 60.2 Å². The van der Waals surface area contributed by atoms with Crippen molar-refractivity contribution in [3.63, 3.8) is 0 Å². The van der Waals surface area contributed by atoms with Gasteiger partial charge in [-0.25, -0.2) is 13.1 Å². The van der Waals surface area contributed by atoms with E-state index in [1.807, 2.05) is 6.07 Å². The second-order valence-corrected chi connectivity index (χ2v) is 9.76. The van der Waals surface area contributed by atoms with E-state index in [-0.39, 0.29) is 18.1 Å². The molecule has 0 radical (unpaired) electrons. The van der Waals surface area contributed by atoms with Gasteiger partial charge in [-0.15, -0.1) is 0 Å². The highest BCUT2D eigenvalue weighted by molar-refractivity contribution is 7.89. The highest BCUT2D eigenvalue weighted by atomic mass is 32.2. The molecule has 2 aliphatic rings. The molecule has 1 fully saturated rings. The van der Waals surface area contributed by atoms with Gasteiger partial charge in [0.05, 0.1) is 18.4 Å². The van der Waals surface area contributed by atoms with Crippen molar-refractivity contribution in [2.45, 2.75) is 29.2 Å². The molecule has 0 spiro atoms. The summed E-state index contributed by atoms with van der Waals surface area (Å²) in [7, 11) is -2.29. The number of nitrogens with one attached hydrogen (secondary N) is 1. The number of rotatable bonds is 7. The molecule has 1 heterocycles. The van der Waals surface area contributed by atoms with Gasteiger partial charge in [-0.1, -0.05) is 18.2 Å². The van der Waals surface area contributed by atoms with Crippen molar-refractivity contribution in [1.82, 2.24) is 4.72 Å². The first kappa shape index (κ1) is 20.6. The van der Waals surface area contributed by atoms with Crippen molar-refractivity contribution in [3.8, 4) is 17.2 Å². The minimum atomic E-state index is -3.86. The van der Waals surface area contributed by atoms with E-state index >= 15 is 0 Å². The summed E-state index contributed by atoms with van der Waals surface area (Å²) in [6.45, 7) is 0.106. The number of carboxylic acids is 1. The van der Waals surface area contributed by atoms with Crippen LogP contribution in [0.25, 0.3) is 10.8 Å². The fraction of sp³-hybridized carbons (Fsp3) is 0.261. The van der Waals surface area contributed by atoms with Crippen molar-refractivity contribution < 1.29 is 32.5 Å². The first-order valence-corrected chi connectivity index (χ1v) is 11.5. The van der Waals surface area contributed by atoms with Gasteiger partial charge in [-0.2, -0.15) is 0 Å². The normalized spacial score (nSPS) is 21.5. The molecule has 3 aromatic carbocycles. The van der Waals surface area contributed by atoms with Gasteiger partial charge in [0.15, 0.2) is 11.5 Å². The highest BCUT2D eigenvalue weighted by Crippen LogP contribution is 2.53. The number of ether oxygens (including phenoxy) is 3. The lowest BCUT2D eigenvalue weighted by Gasteiger charge is -2.17. The van der Waals surface area contributed by atoms with Crippen LogP contribution < -0.4 is 18.9 Å². The lowest BCUT2D eigenvalue weighted by Crippen LogP contribution is -2.32. The third kappa shape index (κ3) is 3.53. The van der Waals surface area contributed by atoms with Gasteiger partial charge >= 0.3 is 5.97 Å². The largest absolute Gasteiger partial charge is 0.497 e. The number of sulfonamides is 1. The Hall–Kier alpha value is -3.30. The number of carboxylic acid groups (broad SMARTS) is 1. The van der Waals surface area contributed by atoms with E-state index in [9.17, 15) is 18.3 Å². The Kier molecular flexibility index (Phi) is 4.75. The minimum absolute atomic E-state index is 0.106. The van der Waals surface area contributed by atoms with Gasteiger partial charge in [-0.3, -0.25) is 4.79 Å². The molecule has 32 heavy (non-hydrogen) atoms. The molecule has 9 heteroatoms. The molecule has 5 rings (SSSR count). The number of aliphatic carboxylic acids is 1. The van der Waals surface area contributed by atoms with Gasteiger partial charge in [0.2, 0.25) is 16.8 Å². The minimum Gasteiger partial charge on any atom is -0.497 e. The number of methoxy groups -OCH3 is 1. The zero-order valence-electron chi connectivity index (χ0n) is 17.2. The van der Waals surface area contributed by atoms with Gasteiger partial charge in [0.25, 0.3) is 0 Å². The first-order chi connectivity index (χ1) is 15.3. The van der Waals surface area contributed by atoms with Gasteiger partial charge < -0.3 is 19.3 Å². The van der Waals surface area contributed by atoms with E-state index < -0.39 is 27.4 Å². The van der Waals surface area contributed by atoms with Gasteiger partial charge in [-0.05, 0) is 59.2 Å². The molecule has 166 valence electrons. The number of carbonyl (C=O) groups is 1. The van der Waals surface area contributed by atoms with E-state index in [2.05, 4.69) is 4.72 Å².